The number of amides is 1. The highest BCUT2D eigenvalue weighted by Gasteiger charge is 2.26. The number of carbonyl (C=O) groups excluding carboxylic acids is 2. The molecular formula is C21H26FN3O3. The van der Waals surface area contributed by atoms with Crippen LogP contribution in [0, 0.1) is 12.7 Å². The second-order valence-electron chi connectivity index (χ2n) is 7.25. The van der Waals surface area contributed by atoms with E-state index in [2.05, 4.69) is 10.2 Å². The van der Waals surface area contributed by atoms with E-state index in [4.69, 9.17) is 4.74 Å². The molecule has 1 aromatic carbocycles. The van der Waals surface area contributed by atoms with Crippen LogP contribution < -0.4 is 5.32 Å². The average Bonchev–Trinajstić information content (AvgIpc) is 3.02. The van der Waals surface area contributed by atoms with E-state index in [0.29, 0.717) is 43.1 Å². The predicted molar refractivity (Wildman–Crippen MR) is 105 cm³/mol. The lowest BCUT2D eigenvalue weighted by Gasteiger charge is -2.35. The number of anilines is 1. The van der Waals surface area contributed by atoms with Gasteiger partial charge >= 0.3 is 0 Å². The number of carbonyl (C=O) groups is 2. The highest BCUT2D eigenvalue weighted by atomic mass is 19.1. The Labute approximate surface area is 164 Å². The predicted octanol–water partition coefficient (Wildman–Crippen LogP) is 2.90. The van der Waals surface area contributed by atoms with Gasteiger partial charge in [-0.05, 0) is 32.0 Å². The van der Waals surface area contributed by atoms with Crippen molar-refractivity contribution >= 4 is 17.4 Å². The molecule has 1 unspecified atom stereocenters. The van der Waals surface area contributed by atoms with Gasteiger partial charge in [-0.15, -0.1) is 0 Å². The van der Waals surface area contributed by atoms with Crippen LogP contribution in [0.15, 0.2) is 30.5 Å². The van der Waals surface area contributed by atoms with Crippen LogP contribution in [-0.4, -0.2) is 47.0 Å². The third-order valence-corrected chi connectivity index (χ3v) is 5.19. The Morgan fingerprint density at radius 3 is 2.86 bits per heavy atom. The van der Waals surface area contributed by atoms with Crippen molar-refractivity contribution < 1.29 is 18.7 Å². The first-order chi connectivity index (χ1) is 13.3. The third kappa shape index (κ3) is 4.66. The van der Waals surface area contributed by atoms with Crippen LogP contribution in [-0.2, 0) is 23.1 Å². The minimum Gasteiger partial charge on any atom is -0.378 e. The number of morpholine rings is 1. The Balaban J connectivity index is 1.67. The van der Waals surface area contributed by atoms with Gasteiger partial charge < -0.3 is 14.6 Å². The quantitative estimate of drug-likeness (QED) is 0.774. The van der Waals surface area contributed by atoms with E-state index < -0.39 is 0 Å². The summed E-state index contributed by atoms with van der Waals surface area (Å²) >= 11 is 0. The van der Waals surface area contributed by atoms with Crippen molar-refractivity contribution in [1.29, 1.82) is 0 Å². The van der Waals surface area contributed by atoms with Crippen molar-refractivity contribution in [2.75, 3.05) is 25.1 Å². The summed E-state index contributed by atoms with van der Waals surface area (Å²) in [5.41, 5.74) is 2.61. The topological polar surface area (TPSA) is 63.6 Å². The lowest BCUT2D eigenvalue weighted by molar-refractivity contribution is -0.119. The Hall–Kier alpha value is -2.51. The van der Waals surface area contributed by atoms with Gasteiger partial charge in [-0.25, -0.2) is 4.39 Å². The first-order valence-electron chi connectivity index (χ1n) is 9.38. The summed E-state index contributed by atoms with van der Waals surface area (Å²) in [5, 5.41) is 2.80. The van der Waals surface area contributed by atoms with Crippen molar-refractivity contribution in [2.24, 2.45) is 7.05 Å². The number of benzene rings is 1. The molecule has 0 saturated carbocycles. The van der Waals surface area contributed by atoms with Gasteiger partial charge in [0.1, 0.15) is 5.82 Å². The van der Waals surface area contributed by atoms with Crippen LogP contribution in [0.5, 0.6) is 0 Å². The van der Waals surface area contributed by atoms with E-state index in [1.165, 1.54) is 6.07 Å². The molecule has 6 nitrogen and oxygen atoms in total. The van der Waals surface area contributed by atoms with E-state index >= 15 is 0 Å². The molecule has 150 valence electrons. The minimum absolute atomic E-state index is 0.0326. The summed E-state index contributed by atoms with van der Waals surface area (Å²) in [4.78, 5) is 26.3. The molecule has 3 rings (SSSR count). The van der Waals surface area contributed by atoms with Crippen LogP contribution in [0.1, 0.15) is 35.0 Å². The van der Waals surface area contributed by atoms with E-state index in [1.54, 1.807) is 26.0 Å². The fraction of sp³-hybridized carbons (Fsp3) is 0.429. The number of hydrogen-bond donors (Lipinski definition) is 1. The van der Waals surface area contributed by atoms with Gasteiger partial charge in [0, 0.05) is 61.3 Å². The molecule has 1 N–H and O–H groups in total. The molecule has 2 aromatic rings. The molecule has 1 amide bonds. The number of nitrogens with zero attached hydrogens (tertiary/aromatic N) is 2. The van der Waals surface area contributed by atoms with Crippen LogP contribution in [0.3, 0.4) is 0 Å². The van der Waals surface area contributed by atoms with E-state index in [1.807, 2.05) is 23.9 Å². The standard InChI is InChI=1S/C21H26FN3O3/c1-14-19(22)5-4-6-20(14)23-21(27)10-18-13-28-8-7-25(18)12-17-9-16(15(2)26)11-24(17)3/h4-6,9,11,18H,7-8,10,12-13H2,1-3H3,(H,23,27). The largest absolute Gasteiger partial charge is 0.378 e. The monoisotopic (exact) mass is 387 g/mol. The van der Waals surface area contributed by atoms with Gasteiger partial charge in [-0.2, -0.15) is 0 Å². The molecule has 0 radical (unpaired) electrons. The smallest absolute Gasteiger partial charge is 0.226 e. The summed E-state index contributed by atoms with van der Waals surface area (Å²) in [7, 11) is 1.91. The van der Waals surface area contributed by atoms with E-state index in [9.17, 15) is 14.0 Å². The molecule has 1 aliphatic heterocycles. The summed E-state index contributed by atoms with van der Waals surface area (Å²) in [5.74, 6) is -0.485. The molecule has 2 heterocycles. The molecule has 1 saturated heterocycles. The van der Waals surface area contributed by atoms with Gasteiger partial charge in [0.25, 0.3) is 0 Å². The maximum atomic E-state index is 13.7. The molecule has 0 bridgehead atoms. The second-order valence-corrected chi connectivity index (χ2v) is 7.25. The highest BCUT2D eigenvalue weighted by Crippen LogP contribution is 2.20. The second kappa shape index (κ2) is 8.67. The maximum Gasteiger partial charge on any atom is 0.226 e. The Morgan fingerprint density at radius 1 is 1.36 bits per heavy atom. The lowest BCUT2D eigenvalue weighted by atomic mass is 10.1. The SMILES string of the molecule is CC(=O)c1cc(CN2CCOCC2CC(=O)Nc2cccc(F)c2C)n(C)c1. The van der Waals surface area contributed by atoms with Crippen LogP contribution in [0.25, 0.3) is 0 Å². The molecule has 28 heavy (non-hydrogen) atoms. The van der Waals surface area contributed by atoms with Crippen molar-refractivity contribution in [3.05, 3.63) is 53.1 Å². The minimum atomic E-state index is -0.342. The Morgan fingerprint density at radius 2 is 2.14 bits per heavy atom. The molecule has 1 aromatic heterocycles. The summed E-state index contributed by atoms with van der Waals surface area (Å²) in [6.45, 7) is 5.59. The molecule has 0 aliphatic carbocycles. The lowest BCUT2D eigenvalue weighted by Crippen LogP contribution is -2.46. The summed E-state index contributed by atoms with van der Waals surface area (Å²) in [6.07, 6.45) is 2.08. The number of aromatic nitrogens is 1. The summed E-state index contributed by atoms with van der Waals surface area (Å²) < 4.78 is 21.2. The first kappa shape index (κ1) is 20.2. The Bertz CT molecular complexity index is 878. The third-order valence-electron chi connectivity index (χ3n) is 5.19. The van der Waals surface area contributed by atoms with Gasteiger partial charge in [0.2, 0.25) is 5.91 Å². The fourth-order valence-corrected chi connectivity index (χ4v) is 3.41. The fourth-order valence-electron chi connectivity index (χ4n) is 3.41. The number of hydrogen-bond acceptors (Lipinski definition) is 4. The number of nitrogens with one attached hydrogen (secondary N) is 1. The molecular weight excluding hydrogens is 361 g/mol. The molecule has 7 heteroatoms. The van der Waals surface area contributed by atoms with Gasteiger partial charge in [-0.1, -0.05) is 6.07 Å². The first-order valence-corrected chi connectivity index (χ1v) is 9.38. The van der Waals surface area contributed by atoms with Gasteiger partial charge in [0.15, 0.2) is 5.78 Å². The van der Waals surface area contributed by atoms with Crippen LogP contribution >= 0.6 is 0 Å². The zero-order valence-electron chi connectivity index (χ0n) is 16.5. The number of ether oxygens (including phenoxy) is 1. The number of rotatable bonds is 6. The van der Waals surface area contributed by atoms with Crippen LogP contribution in [0.4, 0.5) is 10.1 Å². The molecule has 1 atom stereocenters. The molecule has 1 aliphatic rings. The van der Waals surface area contributed by atoms with Crippen molar-refractivity contribution in [3.8, 4) is 0 Å². The van der Waals surface area contributed by atoms with Crippen molar-refractivity contribution in [2.45, 2.75) is 32.9 Å². The average molecular weight is 387 g/mol. The summed E-state index contributed by atoms with van der Waals surface area (Å²) in [6, 6.07) is 6.45. The van der Waals surface area contributed by atoms with Crippen LogP contribution in [0.2, 0.25) is 0 Å². The zero-order chi connectivity index (χ0) is 20.3. The zero-order valence-corrected chi connectivity index (χ0v) is 16.5. The molecule has 1 fully saturated rings. The van der Waals surface area contributed by atoms with Gasteiger partial charge in [0.05, 0.1) is 13.2 Å². The molecule has 0 spiro atoms. The normalized spacial score (nSPS) is 17.5. The van der Waals surface area contributed by atoms with E-state index in [0.717, 1.165) is 5.69 Å². The highest BCUT2D eigenvalue weighted by molar-refractivity contribution is 5.94. The van der Waals surface area contributed by atoms with E-state index in [-0.39, 0.29) is 30.0 Å². The number of ketones is 1. The Kier molecular flexibility index (Phi) is 6.26. The van der Waals surface area contributed by atoms with Crippen molar-refractivity contribution in [1.82, 2.24) is 9.47 Å². The van der Waals surface area contributed by atoms with Crippen molar-refractivity contribution in [3.63, 3.8) is 0 Å². The number of aryl methyl sites for hydroxylation is 1. The number of halogens is 1. The number of Topliss-reactive ketones (excluding diaryl/α,β-unsaturated/α-hetero) is 1. The van der Waals surface area contributed by atoms with Gasteiger partial charge in [-0.3, -0.25) is 14.5 Å². The maximum absolute atomic E-state index is 13.7.